The first-order chi connectivity index (χ1) is 14.8. The summed E-state index contributed by atoms with van der Waals surface area (Å²) < 4.78 is 9.59. The maximum Gasteiger partial charge on any atom is 0.408 e. The van der Waals surface area contributed by atoms with Crippen molar-refractivity contribution in [2.45, 2.75) is 67.0 Å². The van der Waals surface area contributed by atoms with Crippen molar-refractivity contribution in [1.29, 1.82) is 0 Å². The van der Waals surface area contributed by atoms with Gasteiger partial charge in [-0.05, 0) is 18.9 Å². The minimum atomic E-state index is -0.757. The van der Waals surface area contributed by atoms with Crippen LogP contribution in [0.1, 0.15) is 59.9 Å². The molecule has 0 saturated carbocycles. The van der Waals surface area contributed by atoms with Crippen molar-refractivity contribution in [3.05, 3.63) is 35.9 Å². The van der Waals surface area contributed by atoms with Crippen LogP contribution in [0.4, 0.5) is 4.79 Å². The number of esters is 1. The molecule has 8 nitrogen and oxygen atoms in total. The summed E-state index contributed by atoms with van der Waals surface area (Å²) in [5.74, 6) is -0.906. The zero-order valence-electron chi connectivity index (χ0n) is 20.4. The Hall–Kier alpha value is -2.61. The number of carbonyl (C=O) groups is 3. The highest BCUT2D eigenvalue weighted by molar-refractivity contribution is 5.88. The van der Waals surface area contributed by atoms with Gasteiger partial charge in [0.25, 0.3) is 0 Å². The number of carbonyl (C=O) groups excluding carboxylic acids is 3. The smallest absolute Gasteiger partial charge is 0.408 e. The van der Waals surface area contributed by atoms with Gasteiger partial charge in [-0.15, -0.1) is 0 Å². The maximum absolute atomic E-state index is 12.2. The van der Waals surface area contributed by atoms with E-state index in [1.807, 2.05) is 44.2 Å². The van der Waals surface area contributed by atoms with E-state index < -0.39 is 18.1 Å². The average molecular weight is 443 g/mol. The molecule has 0 aliphatic carbocycles. The number of hydrogen-bond donors (Lipinski definition) is 2. The van der Waals surface area contributed by atoms with Gasteiger partial charge in [-0.1, -0.05) is 71.4 Å². The number of rotatable bonds is 7. The summed E-state index contributed by atoms with van der Waals surface area (Å²) in [7, 11) is 2.72. The number of nitrogens with one attached hydrogen (secondary N) is 1. The topological polar surface area (TPSA) is 105 Å². The molecule has 0 aliphatic heterocycles. The Morgan fingerprint density at radius 1 is 1.06 bits per heavy atom. The van der Waals surface area contributed by atoms with Crippen molar-refractivity contribution in [2.24, 2.45) is 0 Å². The van der Waals surface area contributed by atoms with Gasteiger partial charge in [-0.25, -0.2) is 4.79 Å². The van der Waals surface area contributed by atoms with E-state index in [0.29, 0.717) is 6.42 Å². The third kappa shape index (κ3) is 19.1. The molecule has 2 amide bonds. The summed E-state index contributed by atoms with van der Waals surface area (Å²) >= 11 is 0. The quantitative estimate of drug-likeness (QED) is 0.623. The van der Waals surface area contributed by atoms with Crippen molar-refractivity contribution in [2.75, 3.05) is 27.3 Å². The minimum Gasteiger partial charge on any atom is -0.468 e. The Labute approximate surface area is 187 Å². The Bertz CT molecular complexity index is 564. The molecule has 0 radical (unpaired) electrons. The number of aliphatic hydroxyl groups is 1. The maximum atomic E-state index is 12.2. The van der Waals surface area contributed by atoms with Gasteiger partial charge in [0, 0.05) is 13.7 Å². The van der Waals surface area contributed by atoms with Crippen LogP contribution in [0.15, 0.2) is 30.3 Å². The van der Waals surface area contributed by atoms with Gasteiger partial charge in [-0.3, -0.25) is 9.59 Å². The minimum absolute atomic E-state index is 0.120. The molecule has 8 heteroatoms. The van der Waals surface area contributed by atoms with Crippen LogP contribution in [0, 0.1) is 0 Å². The summed E-state index contributed by atoms with van der Waals surface area (Å²) in [4.78, 5) is 36.4. The van der Waals surface area contributed by atoms with Crippen LogP contribution in [0.3, 0.4) is 0 Å². The molecule has 0 unspecified atom stereocenters. The molecule has 0 fully saturated rings. The lowest BCUT2D eigenvalue weighted by molar-refractivity contribution is -0.146. The van der Waals surface area contributed by atoms with Crippen LogP contribution >= 0.6 is 0 Å². The van der Waals surface area contributed by atoms with E-state index in [1.165, 1.54) is 25.5 Å². The number of benzene rings is 1. The van der Waals surface area contributed by atoms with Crippen molar-refractivity contribution in [3.8, 4) is 0 Å². The van der Waals surface area contributed by atoms with Gasteiger partial charge in [0.15, 0.2) is 0 Å². The van der Waals surface area contributed by atoms with E-state index in [2.05, 4.69) is 23.9 Å². The summed E-state index contributed by atoms with van der Waals surface area (Å²) in [5, 5.41) is 10.1. The number of hydrogen-bond acceptors (Lipinski definition) is 6. The van der Waals surface area contributed by atoms with Crippen LogP contribution in [-0.4, -0.2) is 61.3 Å². The summed E-state index contributed by atoms with van der Waals surface area (Å²) in [6.07, 6.45) is 0.950. The lowest BCUT2D eigenvalue weighted by Crippen LogP contribution is -2.48. The van der Waals surface area contributed by atoms with Gasteiger partial charge >= 0.3 is 12.1 Å². The van der Waals surface area contributed by atoms with E-state index in [9.17, 15) is 14.4 Å². The van der Waals surface area contributed by atoms with E-state index in [0.717, 1.165) is 5.56 Å². The zero-order chi connectivity index (χ0) is 24.7. The lowest BCUT2D eigenvalue weighted by Gasteiger charge is -2.22. The molecule has 0 saturated heterocycles. The molecule has 1 rings (SSSR count). The normalized spacial score (nSPS) is 9.71. The molecule has 1 aromatic carbocycles. The summed E-state index contributed by atoms with van der Waals surface area (Å²) in [6.45, 7) is 11.9. The molecule has 0 spiro atoms. The van der Waals surface area contributed by atoms with Crippen LogP contribution in [0.5, 0.6) is 0 Å². The van der Waals surface area contributed by atoms with Crippen LogP contribution in [-0.2, 0) is 25.7 Å². The second-order valence-electron chi connectivity index (χ2n) is 5.96. The predicted molar refractivity (Wildman–Crippen MR) is 124 cm³/mol. The second kappa shape index (κ2) is 23.7. The molecule has 0 aliphatic rings. The number of methoxy groups -OCH3 is 1. The fourth-order valence-electron chi connectivity index (χ4n) is 1.85. The zero-order valence-corrected chi connectivity index (χ0v) is 20.4. The predicted octanol–water partition coefficient (Wildman–Crippen LogP) is 3.76. The van der Waals surface area contributed by atoms with Crippen LogP contribution in [0.25, 0.3) is 0 Å². The van der Waals surface area contributed by atoms with E-state index in [-0.39, 0.29) is 25.7 Å². The molecule has 0 aromatic heterocycles. The first-order valence-corrected chi connectivity index (χ1v) is 10.7. The van der Waals surface area contributed by atoms with Crippen LogP contribution < -0.4 is 5.32 Å². The first-order valence-electron chi connectivity index (χ1n) is 10.7. The molecule has 0 heterocycles. The Kier molecular flexibility index (Phi) is 25.2. The fraction of sp³-hybridized carbons (Fsp3) is 0.609. The highest BCUT2D eigenvalue weighted by Gasteiger charge is 2.24. The second-order valence-corrected chi connectivity index (χ2v) is 5.96. The first kappa shape index (κ1) is 33.0. The number of nitrogens with zero attached hydrogens (tertiary/aromatic N) is 1. The molecule has 1 aromatic rings. The van der Waals surface area contributed by atoms with Gasteiger partial charge in [0.2, 0.25) is 5.91 Å². The Morgan fingerprint density at radius 2 is 1.55 bits per heavy atom. The molecule has 180 valence electrons. The average Bonchev–Trinajstić information content (AvgIpc) is 2.78. The van der Waals surface area contributed by atoms with Crippen molar-refractivity contribution >= 4 is 18.0 Å². The lowest BCUT2D eigenvalue weighted by atomic mass is 10.2. The molecule has 1 atom stereocenters. The number of amides is 2. The molecular weight excluding hydrogens is 400 g/mol. The standard InChI is InChI=1S/C16H22N2O5.C3H8.C2H6O.C2H6/c1-4-13(15(20)18(2)10-14(19)22-3)17-16(21)23-11-12-8-6-5-7-9-12;1-3-2;1-2-3;1-2/h5-9,13H,4,10-11H2,1-3H3,(H,17,21);3H2,1-2H3;3H,2H2,1H3;1-2H3/t13-;;;/m1.../s1. The number of alkyl carbamates (subject to hydrolysis) is 1. The van der Waals surface area contributed by atoms with Gasteiger partial charge in [0.05, 0.1) is 7.11 Å². The molecule has 31 heavy (non-hydrogen) atoms. The highest BCUT2D eigenvalue weighted by atomic mass is 16.5. The highest BCUT2D eigenvalue weighted by Crippen LogP contribution is 2.03. The summed E-state index contributed by atoms with van der Waals surface area (Å²) in [6, 6.07) is 8.47. The van der Waals surface area contributed by atoms with Crippen molar-refractivity contribution in [1.82, 2.24) is 10.2 Å². The van der Waals surface area contributed by atoms with E-state index in [4.69, 9.17) is 9.84 Å². The fourth-order valence-corrected chi connectivity index (χ4v) is 1.85. The number of ether oxygens (including phenoxy) is 2. The van der Waals surface area contributed by atoms with E-state index >= 15 is 0 Å². The third-order valence-electron chi connectivity index (χ3n) is 3.18. The van der Waals surface area contributed by atoms with Gasteiger partial charge < -0.3 is 24.8 Å². The largest absolute Gasteiger partial charge is 0.468 e. The molecule has 2 N–H and O–H groups in total. The summed E-state index contributed by atoms with van der Waals surface area (Å²) in [5.41, 5.74) is 0.852. The molecular formula is C23H42N2O6. The number of aliphatic hydroxyl groups excluding tert-OH is 1. The Morgan fingerprint density at radius 3 is 1.97 bits per heavy atom. The van der Waals surface area contributed by atoms with Crippen LogP contribution in [0.2, 0.25) is 0 Å². The van der Waals surface area contributed by atoms with Gasteiger partial charge in [0.1, 0.15) is 19.2 Å². The Balaban J connectivity index is -0.000000855. The monoisotopic (exact) mass is 442 g/mol. The van der Waals surface area contributed by atoms with Crippen molar-refractivity contribution < 1.29 is 29.0 Å². The molecule has 0 bridgehead atoms. The third-order valence-corrected chi connectivity index (χ3v) is 3.18. The SMILES string of the molecule is CC.CCC.CCO.CC[C@@H](NC(=O)OCc1ccccc1)C(=O)N(C)CC(=O)OC. The van der Waals surface area contributed by atoms with E-state index in [1.54, 1.807) is 13.8 Å². The van der Waals surface area contributed by atoms with Gasteiger partial charge in [-0.2, -0.15) is 0 Å². The van der Waals surface area contributed by atoms with Crippen molar-refractivity contribution in [3.63, 3.8) is 0 Å². The number of likely N-dealkylation sites (N-methyl/N-ethyl adjacent to an activating group) is 1.